The van der Waals surface area contributed by atoms with Crippen LogP contribution < -0.4 is 0 Å². The van der Waals surface area contributed by atoms with Gasteiger partial charge in [0.1, 0.15) is 12.1 Å². The highest BCUT2D eigenvalue weighted by Gasteiger charge is 2.23. The fraction of sp³-hybridized carbons (Fsp3) is 0.786. The quantitative estimate of drug-likeness (QED) is 0.868. The number of rotatable bonds is 2. The molecule has 0 aromatic carbocycles. The molecule has 0 saturated carbocycles. The summed E-state index contributed by atoms with van der Waals surface area (Å²) in [4.78, 5) is 7.16. The van der Waals surface area contributed by atoms with Crippen LogP contribution in [0.1, 0.15) is 49.9 Å². The Balaban J connectivity index is 1.73. The molecule has 1 N–H and O–H groups in total. The van der Waals surface area contributed by atoms with Gasteiger partial charge in [-0.2, -0.15) is 0 Å². The number of aryl methyl sites for hydroxylation is 1. The van der Waals surface area contributed by atoms with E-state index in [9.17, 15) is 5.11 Å². The Labute approximate surface area is 109 Å². The minimum atomic E-state index is -0.348. The molecule has 18 heavy (non-hydrogen) atoms. The maximum absolute atomic E-state index is 9.95. The molecule has 0 radical (unpaired) electrons. The smallest absolute Gasteiger partial charge is 0.131 e. The van der Waals surface area contributed by atoms with Crippen LogP contribution in [0.4, 0.5) is 0 Å². The van der Waals surface area contributed by atoms with E-state index in [-0.39, 0.29) is 6.23 Å². The summed E-state index contributed by atoms with van der Waals surface area (Å²) in [6.07, 6.45) is 9.63. The van der Waals surface area contributed by atoms with E-state index in [2.05, 4.69) is 18.1 Å². The maximum atomic E-state index is 9.95. The fourth-order valence-corrected chi connectivity index (χ4v) is 3.25. The standard InChI is InChI=1S/C14H23N3O/c1-16-8-3-2-5-12(16)9-11-10-17-13(15-11)6-4-7-14(17)18/h10,12,14,18H,2-9H2,1H3. The van der Waals surface area contributed by atoms with Crippen molar-refractivity contribution in [3.8, 4) is 0 Å². The van der Waals surface area contributed by atoms with Gasteiger partial charge in [0.15, 0.2) is 0 Å². The summed E-state index contributed by atoms with van der Waals surface area (Å²) < 4.78 is 1.97. The number of aliphatic hydroxyl groups excluding tert-OH is 1. The third-order valence-corrected chi connectivity index (χ3v) is 4.41. The molecule has 2 unspecified atom stereocenters. The minimum Gasteiger partial charge on any atom is -0.373 e. The van der Waals surface area contributed by atoms with E-state index in [1.165, 1.54) is 25.8 Å². The van der Waals surface area contributed by atoms with Gasteiger partial charge in [0.25, 0.3) is 0 Å². The molecule has 0 aliphatic carbocycles. The number of hydrogen-bond acceptors (Lipinski definition) is 3. The molecule has 3 heterocycles. The Morgan fingerprint density at radius 2 is 2.22 bits per heavy atom. The molecular formula is C14H23N3O. The molecule has 1 aromatic rings. The van der Waals surface area contributed by atoms with Gasteiger partial charge in [-0.3, -0.25) is 0 Å². The lowest BCUT2D eigenvalue weighted by molar-refractivity contribution is 0.0780. The Morgan fingerprint density at radius 1 is 1.33 bits per heavy atom. The topological polar surface area (TPSA) is 41.3 Å². The number of aliphatic hydroxyl groups is 1. The second-order valence-electron chi connectivity index (χ2n) is 5.76. The largest absolute Gasteiger partial charge is 0.373 e. The van der Waals surface area contributed by atoms with Gasteiger partial charge < -0.3 is 14.6 Å². The zero-order chi connectivity index (χ0) is 12.5. The molecule has 2 atom stereocenters. The Hall–Kier alpha value is -0.870. The number of nitrogens with zero attached hydrogens (tertiary/aromatic N) is 3. The van der Waals surface area contributed by atoms with Gasteiger partial charge in [0.05, 0.1) is 5.69 Å². The van der Waals surface area contributed by atoms with Crippen LogP contribution in [0.25, 0.3) is 0 Å². The van der Waals surface area contributed by atoms with E-state index in [0.29, 0.717) is 6.04 Å². The molecule has 4 nitrogen and oxygen atoms in total. The second kappa shape index (κ2) is 5.02. The molecule has 1 fully saturated rings. The summed E-state index contributed by atoms with van der Waals surface area (Å²) >= 11 is 0. The van der Waals surface area contributed by atoms with Gasteiger partial charge in [-0.05, 0) is 39.3 Å². The van der Waals surface area contributed by atoms with Crippen LogP contribution in [-0.2, 0) is 12.8 Å². The van der Waals surface area contributed by atoms with E-state index in [1.54, 1.807) is 0 Å². The third-order valence-electron chi connectivity index (χ3n) is 4.41. The SMILES string of the molecule is CN1CCCCC1Cc1cn2c(n1)CCCC2O. The lowest BCUT2D eigenvalue weighted by Gasteiger charge is -2.31. The maximum Gasteiger partial charge on any atom is 0.131 e. The Morgan fingerprint density at radius 3 is 3.00 bits per heavy atom. The van der Waals surface area contributed by atoms with Crippen LogP contribution in [0.15, 0.2) is 6.20 Å². The molecule has 0 amide bonds. The first kappa shape index (κ1) is 12.2. The normalized spacial score (nSPS) is 29.2. The van der Waals surface area contributed by atoms with Crippen LogP contribution in [0.5, 0.6) is 0 Å². The molecule has 0 bridgehead atoms. The van der Waals surface area contributed by atoms with Crippen LogP contribution in [0.3, 0.4) is 0 Å². The van der Waals surface area contributed by atoms with Gasteiger partial charge in [0, 0.05) is 25.1 Å². The first-order chi connectivity index (χ1) is 8.74. The van der Waals surface area contributed by atoms with Gasteiger partial charge >= 0.3 is 0 Å². The summed E-state index contributed by atoms with van der Waals surface area (Å²) in [5, 5.41) is 9.95. The van der Waals surface area contributed by atoms with E-state index < -0.39 is 0 Å². The summed E-state index contributed by atoms with van der Waals surface area (Å²) in [6, 6.07) is 0.632. The predicted molar refractivity (Wildman–Crippen MR) is 70.4 cm³/mol. The van der Waals surface area contributed by atoms with Crippen molar-refractivity contribution >= 4 is 0 Å². The van der Waals surface area contributed by atoms with Crippen LogP contribution in [-0.4, -0.2) is 39.2 Å². The predicted octanol–water partition coefficient (Wildman–Crippen LogP) is 1.74. The van der Waals surface area contributed by atoms with Crippen molar-refractivity contribution in [1.82, 2.24) is 14.5 Å². The number of likely N-dealkylation sites (N-methyl/N-ethyl adjacent to an activating group) is 1. The third kappa shape index (κ3) is 2.31. The molecular weight excluding hydrogens is 226 g/mol. The number of aromatic nitrogens is 2. The zero-order valence-electron chi connectivity index (χ0n) is 11.2. The number of piperidine rings is 1. The van der Waals surface area contributed by atoms with Crippen molar-refractivity contribution in [2.24, 2.45) is 0 Å². The first-order valence-corrected chi connectivity index (χ1v) is 7.19. The summed E-state index contributed by atoms with van der Waals surface area (Å²) in [5.74, 6) is 1.07. The van der Waals surface area contributed by atoms with Crippen molar-refractivity contribution < 1.29 is 5.11 Å². The van der Waals surface area contributed by atoms with Crippen molar-refractivity contribution in [1.29, 1.82) is 0 Å². The van der Waals surface area contributed by atoms with E-state index >= 15 is 0 Å². The van der Waals surface area contributed by atoms with Crippen LogP contribution in [0, 0.1) is 0 Å². The number of hydrogen-bond donors (Lipinski definition) is 1. The zero-order valence-corrected chi connectivity index (χ0v) is 11.2. The molecule has 1 aromatic heterocycles. The number of likely N-dealkylation sites (tertiary alicyclic amines) is 1. The van der Waals surface area contributed by atoms with Gasteiger partial charge in [-0.15, -0.1) is 0 Å². The molecule has 100 valence electrons. The van der Waals surface area contributed by atoms with Gasteiger partial charge in [-0.25, -0.2) is 4.98 Å². The molecule has 0 spiro atoms. The van der Waals surface area contributed by atoms with Crippen molar-refractivity contribution in [3.63, 3.8) is 0 Å². The minimum absolute atomic E-state index is 0.348. The lowest BCUT2D eigenvalue weighted by atomic mass is 9.99. The average Bonchev–Trinajstić information content (AvgIpc) is 2.76. The summed E-state index contributed by atoms with van der Waals surface area (Å²) in [5.41, 5.74) is 1.16. The molecule has 3 rings (SSSR count). The number of fused-ring (bicyclic) bond motifs is 1. The summed E-state index contributed by atoms with van der Waals surface area (Å²) in [7, 11) is 2.22. The van der Waals surface area contributed by atoms with Crippen molar-refractivity contribution in [2.45, 2.75) is 57.2 Å². The lowest BCUT2D eigenvalue weighted by Crippen LogP contribution is -2.37. The van der Waals surface area contributed by atoms with Crippen LogP contribution >= 0.6 is 0 Å². The van der Waals surface area contributed by atoms with Crippen molar-refractivity contribution in [2.75, 3.05) is 13.6 Å². The Bertz CT molecular complexity index is 415. The van der Waals surface area contributed by atoms with Crippen molar-refractivity contribution in [3.05, 3.63) is 17.7 Å². The van der Waals surface area contributed by atoms with Crippen LogP contribution in [0.2, 0.25) is 0 Å². The van der Waals surface area contributed by atoms with Gasteiger partial charge in [0.2, 0.25) is 0 Å². The van der Waals surface area contributed by atoms with E-state index in [1.807, 2.05) is 4.57 Å². The molecule has 2 aliphatic rings. The van der Waals surface area contributed by atoms with E-state index in [4.69, 9.17) is 4.98 Å². The molecule has 2 aliphatic heterocycles. The Kier molecular flexibility index (Phi) is 3.39. The molecule has 1 saturated heterocycles. The monoisotopic (exact) mass is 249 g/mol. The number of imidazole rings is 1. The highest BCUT2D eigenvalue weighted by Crippen LogP contribution is 2.24. The summed E-state index contributed by atoms with van der Waals surface area (Å²) in [6.45, 7) is 1.21. The highest BCUT2D eigenvalue weighted by molar-refractivity contribution is 5.09. The van der Waals surface area contributed by atoms with E-state index in [0.717, 1.165) is 37.2 Å². The molecule has 4 heteroatoms. The second-order valence-corrected chi connectivity index (χ2v) is 5.76. The van der Waals surface area contributed by atoms with Gasteiger partial charge in [-0.1, -0.05) is 6.42 Å². The average molecular weight is 249 g/mol. The highest BCUT2D eigenvalue weighted by atomic mass is 16.3. The first-order valence-electron chi connectivity index (χ1n) is 7.19. The fourth-order valence-electron chi connectivity index (χ4n) is 3.25.